The highest BCUT2D eigenvalue weighted by Gasteiger charge is 2.32. The van der Waals surface area contributed by atoms with Crippen molar-refractivity contribution in [1.29, 1.82) is 0 Å². The highest BCUT2D eigenvalue weighted by atomic mass is 35.5. The van der Waals surface area contributed by atoms with Gasteiger partial charge in [-0.15, -0.1) is 0 Å². The number of rotatable bonds is 5. The van der Waals surface area contributed by atoms with Gasteiger partial charge in [-0.3, -0.25) is 4.79 Å². The van der Waals surface area contributed by atoms with E-state index in [1.807, 2.05) is 61.5 Å². The predicted octanol–water partition coefficient (Wildman–Crippen LogP) is 4.60. The second-order valence-electron chi connectivity index (χ2n) is 8.24. The van der Waals surface area contributed by atoms with Gasteiger partial charge in [-0.05, 0) is 53.9 Å². The second-order valence-corrected chi connectivity index (χ2v) is 10.6. The summed E-state index contributed by atoms with van der Waals surface area (Å²) in [5.41, 5.74) is 1.51. The fraction of sp³-hybridized carbons (Fsp3) is 0.292. The first-order valence-corrected chi connectivity index (χ1v) is 12.3. The van der Waals surface area contributed by atoms with Crippen LogP contribution in [0.5, 0.6) is 0 Å². The van der Waals surface area contributed by atoms with Crippen molar-refractivity contribution >= 4 is 49.7 Å². The fourth-order valence-corrected chi connectivity index (χ4v) is 5.88. The molecule has 8 heteroatoms. The van der Waals surface area contributed by atoms with Crippen molar-refractivity contribution in [2.45, 2.75) is 17.7 Å². The maximum atomic E-state index is 13.1. The maximum absolute atomic E-state index is 13.1. The van der Waals surface area contributed by atoms with Crippen LogP contribution in [0.2, 0.25) is 5.02 Å². The third kappa shape index (κ3) is 4.60. The first-order chi connectivity index (χ1) is 15.3. The predicted molar refractivity (Wildman–Crippen MR) is 130 cm³/mol. The summed E-state index contributed by atoms with van der Waals surface area (Å²) in [5.74, 6) is -0.355. The number of fused-ring (bicyclic) bond motifs is 1. The molecular formula is C24H26ClN3O3S. The molecule has 0 spiro atoms. The zero-order valence-corrected chi connectivity index (χ0v) is 19.7. The van der Waals surface area contributed by atoms with Gasteiger partial charge in [0.05, 0.1) is 15.6 Å². The normalized spacial score (nSPS) is 15.6. The third-order valence-corrected chi connectivity index (χ3v) is 8.08. The lowest BCUT2D eigenvalue weighted by Gasteiger charge is -2.30. The van der Waals surface area contributed by atoms with Crippen molar-refractivity contribution in [3.05, 3.63) is 65.7 Å². The van der Waals surface area contributed by atoms with E-state index in [0.717, 1.165) is 16.5 Å². The number of piperidine rings is 1. The van der Waals surface area contributed by atoms with Gasteiger partial charge in [0.15, 0.2) is 0 Å². The number of benzene rings is 3. The Morgan fingerprint density at radius 1 is 1.00 bits per heavy atom. The van der Waals surface area contributed by atoms with Gasteiger partial charge in [0.1, 0.15) is 0 Å². The number of anilines is 2. The Morgan fingerprint density at radius 2 is 1.69 bits per heavy atom. The van der Waals surface area contributed by atoms with Gasteiger partial charge in [0.2, 0.25) is 15.9 Å². The Balaban J connectivity index is 1.40. The van der Waals surface area contributed by atoms with E-state index in [2.05, 4.69) is 5.32 Å². The molecule has 0 aromatic heterocycles. The van der Waals surface area contributed by atoms with Gasteiger partial charge in [0, 0.05) is 38.8 Å². The minimum absolute atomic E-state index is 0.110. The number of hydrogen-bond donors (Lipinski definition) is 1. The topological polar surface area (TPSA) is 69.7 Å². The molecule has 1 fully saturated rings. The molecule has 168 valence electrons. The molecule has 3 aromatic rings. The molecule has 1 N–H and O–H groups in total. The van der Waals surface area contributed by atoms with Crippen LogP contribution in [0.4, 0.5) is 11.4 Å². The molecule has 0 aliphatic carbocycles. The molecular weight excluding hydrogens is 446 g/mol. The summed E-state index contributed by atoms with van der Waals surface area (Å²) >= 11 is 6.29. The van der Waals surface area contributed by atoms with Gasteiger partial charge in [-0.2, -0.15) is 4.31 Å². The van der Waals surface area contributed by atoms with Crippen molar-refractivity contribution in [1.82, 2.24) is 4.31 Å². The molecule has 1 amide bonds. The molecule has 4 rings (SSSR count). The van der Waals surface area contributed by atoms with Crippen LogP contribution in [0.1, 0.15) is 12.8 Å². The second kappa shape index (κ2) is 9.10. The van der Waals surface area contributed by atoms with E-state index in [0.29, 0.717) is 36.6 Å². The SMILES string of the molecule is CN(C)c1ccc(NC(=O)C2CCN(S(=O)(=O)c3ccc4ccccc4c3)CC2)cc1Cl. The van der Waals surface area contributed by atoms with Gasteiger partial charge >= 0.3 is 0 Å². The highest BCUT2D eigenvalue weighted by molar-refractivity contribution is 7.89. The van der Waals surface area contributed by atoms with Gasteiger partial charge < -0.3 is 10.2 Å². The molecule has 1 aliphatic rings. The van der Waals surface area contributed by atoms with Gasteiger partial charge in [0.25, 0.3) is 0 Å². The van der Waals surface area contributed by atoms with E-state index in [1.54, 1.807) is 18.2 Å². The Hall–Kier alpha value is -2.61. The minimum Gasteiger partial charge on any atom is -0.376 e. The van der Waals surface area contributed by atoms with Crippen LogP contribution in [-0.2, 0) is 14.8 Å². The van der Waals surface area contributed by atoms with E-state index < -0.39 is 10.0 Å². The van der Waals surface area contributed by atoms with Crippen molar-refractivity contribution in [3.8, 4) is 0 Å². The summed E-state index contributed by atoms with van der Waals surface area (Å²) in [6, 6.07) is 18.3. The lowest BCUT2D eigenvalue weighted by molar-refractivity contribution is -0.120. The lowest BCUT2D eigenvalue weighted by Crippen LogP contribution is -2.41. The van der Waals surface area contributed by atoms with E-state index in [-0.39, 0.29) is 16.7 Å². The number of carbonyl (C=O) groups excluding carboxylic acids is 1. The average molecular weight is 472 g/mol. The van der Waals surface area contributed by atoms with Crippen LogP contribution in [0.15, 0.2) is 65.6 Å². The summed E-state index contributed by atoms with van der Waals surface area (Å²) in [4.78, 5) is 14.9. The zero-order chi connectivity index (χ0) is 22.9. The number of hydrogen-bond acceptors (Lipinski definition) is 4. The Bertz CT molecular complexity index is 1250. The number of nitrogens with one attached hydrogen (secondary N) is 1. The summed E-state index contributed by atoms with van der Waals surface area (Å²) in [6.45, 7) is 0.626. The van der Waals surface area contributed by atoms with Crippen molar-refractivity contribution in [3.63, 3.8) is 0 Å². The Kier molecular flexibility index (Phi) is 6.42. The average Bonchev–Trinajstić information content (AvgIpc) is 2.78. The fourth-order valence-electron chi connectivity index (χ4n) is 4.03. The summed E-state index contributed by atoms with van der Waals surface area (Å²) in [5, 5.41) is 5.36. The summed E-state index contributed by atoms with van der Waals surface area (Å²) in [6.07, 6.45) is 0.949. The first-order valence-electron chi connectivity index (χ1n) is 10.5. The van der Waals surface area contributed by atoms with Crippen molar-refractivity contribution < 1.29 is 13.2 Å². The van der Waals surface area contributed by atoms with Gasteiger partial charge in [-0.1, -0.05) is 41.9 Å². The number of halogens is 1. The van der Waals surface area contributed by atoms with E-state index in [4.69, 9.17) is 11.6 Å². The third-order valence-electron chi connectivity index (χ3n) is 5.88. The molecule has 1 saturated heterocycles. The number of amides is 1. The Labute approximate surface area is 193 Å². The van der Waals surface area contributed by atoms with Crippen LogP contribution in [0.25, 0.3) is 10.8 Å². The quantitative estimate of drug-likeness (QED) is 0.590. The lowest BCUT2D eigenvalue weighted by atomic mass is 9.97. The molecule has 6 nitrogen and oxygen atoms in total. The van der Waals surface area contributed by atoms with E-state index in [1.165, 1.54) is 4.31 Å². The number of carbonyl (C=O) groups is 1. The number of nitrogens with zero attached hydrogens (tertiary/aromatic N) is 2. The maximum Gasteiger partial charge on any atom is 0.243 e. The van der Waals surface area contributed by atoms with Crippen LogP contribution in [0.3, 0.4) is 0 Å². The Morgan fingerprint density at radius 3 is 2.34 bits per heavy atom. The number of sulfonamides is 1. The largest absolute Gasteiger partial charge is 0.376 e. The molecule has 1 heterocycles. The van der Waals surface area contributed by atoms with E-state index in [9.17, 15) is 13.2 Å². The minimum atomic E-state index is -3.60. The van der Waals surface area contributed by atoms with Crippen molar-refractivity contribution in [2.75, 3.05) is 37.4 Å². The molecule has 32 heavy (non-hydrogen) atoms. The molecule has 1 aliphatic heterocycles. The van der Waals surface area contributed by atoms with Crippen molar-refractivity contribution in [2.24, 2.45) is 5.92 Å². The molecule has 0 bridgehead atoms. The standard InChI is InChI=1S/C24H26ClN3O3S/c1-27(2)23-10-8-20(16-22(23)25)26-24(29)18-11-13-28(14-12-18)32(30,31)21-9-7-17-5-3-4-6-19(17)15-21/h3-10,15-16,18H,11-14H2,1-2H3,(H,26,29). The first kappa shape index (κ1) is 22.6. The van der Waals surface area contributed by atoms with Crippen LogP contribution in [0, 0.1) is 5.92 Å². The molecule has 3 aromatic carbocycles. The van der Waals surface area contributed by atoms with Crippen LogP contribution < -0.4 is 10.2 Å². The summed E-state index contributed by atoms with van der Waals surface area (Å²) in [7, 11) is 0.203. The molecule has 0 atom stereocenters. The zero-order valence-electron chi connectivity index (χ0n) is 18.1. The molecule has 0 saturated carbocycles. The van der Waals surface area contributed by atoms with Crippen LogP contribution in [-0.4, -0.2) is 45.8 Å². The molecule has 0 unspecified atom stereocenters. The highest BCUT2D eigenvalue weighted by Crippen LogP contribution is 2.29. The van der Waals surface area contributed by atoms with E-state index >= 15 is 0 Å². The monoisotopic (exact) mass is 471 g/mol. The smallest absolute Gasteiger partial charge is 0.243 e. The molecule has 0 radical (unpaired) electrons. The van der Waals surface area contributed by atoms with Crippen LogP contribution >= 0.6 is 11.6 Å². The summed E-state index contributed by atoms with van der Waals surface area (Å²) < 4.78 is 27.7. The van der Waals surface area contributed by atoms with Gasteiger partial charge in [-0.25, -0.2) is 8.42 Å².